The standard InChI is InChI=1S/C16H14N4O3/c1-20-7-9-4-10(2-3-12(9)19-20)18-16(22)11-8-23-14-6-17-5-13(21)15(11)14/h2-4,7-8,17H,5-6H2,1H3,(H,18,22). The molecule has 0 bridgehead atoms. The molecule has 7 heteroatoms. The summed E-state index contributed by atoms with van der Waals surface area (Å²) in [4.78, 5) is 24.5. The number of amides is 1. The van der Waals surface area contributed by atoms with Crippen LogP contribution < -0.4 is 10.6 Å². The molecule has 0 saturated heterocycles. The van der Waals surface area contributed by atoms with Gasteiger partial charge in [-0.15, -0.1) is 0 Å². The Morgan fingerprint density at radius 3 is 3.13 bits per heavy atom. The smallest absolute Gasteiger partial charge is 0.259 e. The Morgan fingerprint density at radius 1 is 1.39 bits per heavy atom. The van der Waals surface area contributed by atoms with Gasteiger partial charge in [0.2, 0.25) is 0 Å². The van der Waals surface area contributed by atoms with Gasteiger partial charge in [0.05, 0.1) is 29.7 Å². The topological polar surface area (TPSA) is 89.2 Å². The molecule has 0 unspecified atom stereocenters. The minimum atomic E-state index is -0.353. The average Bonchev–Trinajstić information content (AvgIpc) is 3.10. The van der Waals surface area contributed by atoms with E-state index in [4.69, 9.17) is 4.42 Å². The van der Waals surface area contributed by atoms with Gasteiger partial charge in [-0.05, 0) is 18.2 Å². The molecule has 1 aliphatic rings. The summed E-state index contributed by atoms with van der Waals surface area (Å²) in [6, 6.07) is 5.46. The van der Waals surface area contributed by atoms with Crippen LogP contribution in [-0.4, -0.2) is 28.0 Å². The normalized spacial score (nSPS) is 14.0. The van der Waals surface area contributed by atoms with Crippen LogP contribution in [0.1, 0.15) is 26.5 Å². The summed E-state index contributed by atoms with van der Waals surface area (Å²) in [6.45, 7) is 0.671. The molecule has 2 aromatic heterocycles. The van der Waals surface area contributed by atoms with Gasteiger partial charge in [0.15, 0.2) is 5.78 Å². The molecule has 7 nitrogen and oxygen atoms in total. The molecule has 0 spiro atoms. The van der Waals surface area contributed by atoms with Crippen LogP contribution in [0.4, 0.5) is 5.69 Å². The molecular formula is C16H14N4O3. The molecule has 1 amide bonds. The highest BCUT2D eigenvalue weighted by Gasteiger charge is 2.27. The highest BCUT2D eigenvalue weighted by Crippen LogP contribution is 2.23. The third-order valence-corrected chi connectivity index (χ3v) is 3.84. The van der Waals surface area contributed by atoms with Gasteiger partial charge in [0.25, 0.3) is 5.91 Å². The number of hydrogen-bond acceptors (Lipinski definition) is 5. The van der Waals surface area contributed by atoms with Crippen molar-refractivity contribution in [2.45, 2.75) is 6.54 Å². The lowest BCUT2D eigenvalue weighted by Crippen LogP contribution is -2.30. The molecule has 0 atom stereocenters. The first-order valence-electron chi connectivity index (χ1n) is 7.21. The highest BCUT2D eigenvalue weighted by molar-refractivity contribution is 6.14. The monoisotopic (exact) mass is 310 g/mol. The zero-order chi connectivity index (χ0) is 16.0. The number of carbonyl (C=O) groups excluding carboxylic acids is 2. The maximum absolute atomic E-state index is 12.5. The number of furan rings is 1. The van der Waals surface area contributed by atoms with Crippen molar-refractivity contribution in [1.29, 1.82) is 0 Å². The van der Waals surface area contributed by atoms with Gasteiger partial charge in [-0.3, -0.25) is 14.3 Å². The molecule has 1 aliphatic heterocycles. The molecule has 0 saturated carbocycles. The zero-order valence-electron chi connectivity index (χ0n) is 12.4. The van der Waals surface area contributed by atoms with E-state index in [1.807, 2.05) is 25.4 Å². The molecule has 116 valence electrons. The first-order valence-corrected chi connectivity index (χ1v) is 7.21. The second kappa shape index (κ2) is 5.06. The molecule has 1 aromatic carbocycles. The van der Waals surface area contributed by atoms with E-state index in [2.05, 4.69) is 15.7 Å². The van der Waals surface area contributed by atoms with Crippen LogP contribution in [-0.2, 0) is 13.6 Å². The van der Waals surface area contributed by atoms with E-state index in [0.29, 0.717) is 23.6 Å². The van der Waals surface area contributed by atoms with Gasteiger partial charge in [-0.25, -0.2) is 0 Å². The molecule has 0 radical (unpaired) electrons. The summed E-state index contributed by atoms with van der Waals surface area (Å²) >= 11 is 0. The van der Waals surface area contributed by atoms with E-state index in [-0.39, 0.29) is 23.8 Å². The predicted octanol–water partition coefficient (Wildman–Crippen LogP) is 1.70. The van der Waals surface area contributed by atoms with Crippen LogP contribution in [0, 0.1) is 0 Å². The van der Waals surface area contributed by atoms with Crippen LogP contribution >= 0.6 is 0 Å². The average molecular weight is 310 g/mol. The Hall–Kier alpha value is -2.93. The number of anilines is 1. The van der Waals surface area contributed by atoms with Gasteiger partial charge in [-0.2, -0.15) is 5.10 Å². The number of benzene rings is 1. The Labute approximate surface area is 131 Å². The minimum absolute atomic E-state index is 0.132. The lowest BCUT2D eigenvalue weighted by molar-refractivity contribution is 0.0963. The lowest BCUT2D eigenvalue weighted by Gasteiger charge is -2.11. The molecule has 4 rings (SSSR count). The van der Waals surface area contributed by atoms with E-state index in [9.17, 15) is 9.59 Å². The SMILES string of the molecule is Cn1cc2cc(NC(=O)c3coc4c3C(=O)CNC4)ccc2n1. The summed E-state index contributed by atoms with van der Waals surface area (Å²) in [5.74, 6) is 0.0236. The Morgan fingerprint density at radius 2 is 2.26 bits per heavy atom. The van der Waals surface area contributed by atoms with Crippen molar-refractivity contribution in [2.75, 3.05) is 11.9 Å². The van der Waals surface area contributed by atoms with E-state index < -0.39 is 0 Å². The number of nitrogens with zero attached hydrogens (tertiary/aromatic N) is 2. The maximum atomic E-state index is 12.5. The first kappa shape index (κ1) is 13.7. The number of hydrogen-bond donors (Lipinski definition) is 2. The second-order valence-corrected chi connectivity index (χ2v) is 5.50. The third kappa shape index (κ3) is 2.31. The van der Waals surface area contributed by atoms with Gasteiger partial charge in [0.1, 0.15) is 12.0 Å². The van der Waals surface area contributed by atoms with Gasteiger partial charge >= 0.3 is 0 Å². The molecule has 0 aliphatic carbocycles. The van der Waals surface area contributed by atoms with Crippen molar-refractivity contribution in [1.82, 2.24) is 15.1 Å². The van der Waals surface area contributed by atoms with Gasteiger partial charge < -0.3 is 15.1 Å². The maximum Gasteiger partial charge on any atom is 0.259 e. The van der Waals surface area contributed by atoms with E-state index in [1.54, 1.807) is 10.7 Å². The van der Waals surface area contributed by atoms with E-state index in [1.165, 1.54) is 6.26 Å². The summed E-state index contributed by atoms with van der Waals surface area (Å²) in [5, 5.41) is 11.0. The van der Waals surface area contributed by atoms with Crippen LogP contribution in [0.3, 0.4) is 0 Å². The van der Waals surface area contributed by atoms with Crippen LogP contribution in [0.2, 0.25) is 0 Å². The zero-order valence-corrected chi connectivity index (χ0v) is 12.4. The Bertz CT molecular complexity index is 938. The fourth-order valence-electron chi connectivity index (χ4n) is 2.80. The lowest BCUT2D eigenvalue weighted by atomic mass is 10.0. The number of carbonyl (C=O) groups is 2. The second-order valence-electron chi connectivity index (χ2n) is 5.50. The third-order valence-electron chi connectivity index (χ3n) is 3.84. The largest absolute Gasteiger partial charge is 0.466 e. The van der Waals surface area contributed by atoms with Crippen LogP contribution in [0.15, 0.2) is 35.1 Å². The number of ketones is 1. The number of fused-ring (bicyclic) bond motifs is 2. The number of Topliss-reactive ketones (excluding diaryl/α,β-unsaturated/α-hetero) is 1. The van der Waals surface area contributed by atoms with Crippen molar-refractivity contribution in [3.8, 4) is 0 Å². The van der Waals surface area contributed by atoms with Crippen molar-refractivity contribution in [3.63, 3.8) is 0 Å². The Kier molecular flexibility index (Phi) is 3.02. The quantitative estimate of drug-likeness (QED) is 0.752. The van der Waals surface area contributed by atoms with Crippen molar-refractivity contribution in [2.24, 2.45) is 7.05 Å². The molecular weight excluding hydrogens is 296 g/mol. The van der Waals surface area contributed by atoms with Crippen molar-refractivity contribution < 1.29 is 14.0 Å². The summed E-state index contributed by atoms with van der Waals surface area (Å²) in [7, 11) is 1.84. The molecule has 23 heavy (non-hydrogen) atoms. The minimum Gasteiger partial charge on any atom is -0.466 e. The highest BCUT2D eigenvalue weighted by atomic mass is 16.3. The van der Waals surface area contributed by atoms with Crippen LogP contribution in [0.5, 0.6) is 0 Å². The number of nitrogens with one attached hydrogen (secondary N) is 2. The van der Waals surface area contributed by atoms with Gasteiger partial charge in [-0.1, -0.05) is 0 Å². The molecule has 3 heterocycles. The number of aryl methyl sites for hydroxylation is 1. The molecule has 2 N–H and O–H groups in total. The predicted molar refractivity (Wildman–Crippen MR) is 83.4 cm³/mol. The first-order chi connectivity index (χ1) is 11.1. The van der Waals surface area contributed by atoms with Crippen LogP contribution in [0.25, 0.3) is 10.9 Å². The number of aromatic nitrogens is 2. The molecule has 0 fully saturated rings. The van der Waals surface area contributed by atoms with E-state index >= 15 is 0 Å². The fourth-order valence-corrected chi connectivity index (χ4v) is 2.80. The Balaban J connectivity index is 1.64. The van der Waals surface area contributed by atoms with Crippen molar-refractivity contribution in [3.05, 3.63) is 47.5 Å². The summed E-state index contributed by atoms with van der Waals surface area (Å²) in [6.07, 6.45) is 3.22. The van der Waals surface area contributed by atoms with Gasteiger partial charge in [0, 0.05) is 24.3 Å². The summed E-state index contributed by atoms with van der Waals surface area (Å²) in [5.41, 5.74) is 2.15. The fraction of sp³-hybridized carbons (Fsp3) is 0.188. The van der Waals surface area contributed by atoms with Crippen molar-refractivity contribution >= 4 is 28.3 Å². The molecule has 3 aromatic rings. The van der Waals surface area contributed by atoms with E-state index in [0.717, 1.165) is 10.9 Å². The number of rotatable bonds is 2. The summed E-state index contributed by atoms with van der Waals surface area (Å²) < 4.78 is 7.05.